The second-order valence-corrected chi connectivity index (χ2v) is 6.01. The molecule has 0 aliphatic rings. The van der Waals surface area contributed by atoms with Gasteiger partial charge >= 0.3 is 0 Å². The SMILES string of the molecule is CC(C)NC(=O)CCC(C)Sc1ccccc1. The molecule has 1 rings (SSSR count). The molecule has 1 unspecified atom stereocenters. The molecule has 0 saturated heterocycles. The Balaban J connectivity index is 2.26. The molecule has 17 heavy (non-hydrogen) atoms. The zero-order valence-electron chi connectivity index (χ0n) is 10.8. The molecule has 0 saturated carbocycles. The third-order valence-electron chi connectivity index (χ3n) is 2.31. The Morgan fingerprint density at radius 2 is 1.88 bits per heavy atom. The van der Waals surface area contributed by atoms with Crippen molar-refractivity contribution in [2.75, 3.05) is 0 Å². The molecule has 0 aliphatic carbocycles. The van der Waals surface area contributed by atoms with Crippen LogP contribution in [0.15, 0.2) is 35.2 Å². The zero-order valence-corrected chi connectivity index (χ0v) is 11.6. The van der Waals surface area contributed by atoms with Crippen LogP contribution in [-0.2, 0) is 4.79 Å². The molecule has 0 radical (unpaired) electrons. The molecule has 0 aromatic heterocycles. The monoisotopic (exact) mass is 251 g/mol. The molecule has 1 amide bonds. The van der Waals surface area contributed by atoms with E-state index in [4.69, 9.17) is 0 Å². The minimum absolute atomic E-state index is 0.153. The first-order valence-corrected chi connectivity index (χ1v) is 6.97. The maximum atomic E-state index is 11.5. The van der Waals surface area contributed by atoms with Crippen LogP contribution in [0, 0.1) is 0 Å². The molecule has 0 bridgehead atoms. The van der Waals surface area contributed by atoms with Crippen molar-refractivity contribution in [3.8, 4) is 0 Å². The lowest BCUT2D eigenvalue weighted by Crippen LogP contribution is -2.30. The first-order valence-electron chi connectivity index (χ1n) is 6.09. The van der Waals surface area contributed by atoms with Crippen LogP contribution < -0.4 is 5.32 Å². The highest BCUT2D eigenvalue weighted by molar-refractivity contribution is 7.99. The van der Waals surface area contributed by atoms with E-state index in [9.17, 15) is 4.79 Å². The third-order valence-corrected chi connectivity index (χ3v) is 3.49. The lowest BCUT2D eigenvalue weighted by molar-refractivity contribution is -0.121. The van der Waals surface area contributed by atoms with Crippen LogP contribution in [0.2, 0.25) is 0 Å². The first kappa shape index (κ1) is 14.1. The van der Waals surface area contributed by atoms with E-state index in [1.165, 1.54) is 4.90 Å². The van der Waals surface area contributed by atoms with Gasteiger partial charge in [-0.2, -0.15) is 0 Å². The van der Waals surface area contributed by atoms with Gasteiger partial charge in [0.2, 0.25) is 5.91 Å². The van der Waals surface area contributed by atoms with Crippen LogP contribution in [0.4, 0.5) is 0 Å². The van der Waals surface area contributed by atoms with Crippen molar-refractivity contribution in [2.45, 2.75) is 49.8 Å². The van der Waals surface area contributed by atoms with Crippen LogP contribution in [0.1, 0.15) is 33.6 Å². The Hall–Kier alpha value is -0.960. The highest BCUT2D eigenvalue weighted by Crippen LogP contribution is 2.25. The van der Waals surface area contributed by atoms with Crippen molar-refractivity contribution in [3.63, 3.8) is 0 Å². The second kappa shape index (κ2) is 7.38. The summed E-state index contributed by atoms with van der Waals surface area (Å²) in [5.74, 6) is 0.153. The summed E-state index contributed by atoms with van der Waals surface area (Å²) in [4.78, 5) is 12.8. The maximum Gasteiger partial charge on any atom is 0.220 e. The fraction of sp³-hybridized carbons (Fsp3) is 0.500. The standard InChI is InChI=1S/C14H21NOS/c1-11(2)15-14(16)10-9-12(3)17-13-7-5-4-6-8-13/h4-8,11-12H,9-10H2,1-3H3,(H,15,16). The number of hydrogen-bond acceptors (Lipinski definition) is 2. The smallest absolute Gasteiger partial charge is 0.220 e. The molecule has 3 heteroatoms. The summed E-state index contributed by atoms with van der Waals surface area (Å²) < 4.78 is 0. The Morgan fingerprint density at radius 1 is 1.24 bits per heavy atom. The van der Waals surface area contributed by atoms with E-state index in [-0.39, 0.29) is 11.9 Å². The molecule has 2 nitrogen and oxygen atoms in total. The summed E-state index contributed by atoms with van der Waals surface area (Å²) in [5.41, 5.74) is 0. The summed E-state index contributed by atoms with van der Waals surface area (Å²) in [6.45, 7) is 6.14. The van der Waals surface area contributed by atoms with Gasteiger partial charge in [-0.3, -0.25) is 4.79 Å². The first-order chi connectivity index (χ1) is 8.08. The normalized spacial score (nSPS) is 12.5. The zero-order chi connectivity index (χ0) is 12.7. The van der Waals surface area contributed by atoms with E-state index in [1.54, 1.807) is 0 Å². The van der Waals surface area contributed by atoms with Gasteiger partial charge in [0.05, 0.1) is 0 Å². The lowest BCUT2D eigenvalue weighted by atomic mass is 10.2. The molecule has 0 aliphatic heterocycles. The lowest BCUT2D eigenvalue weighted by Gasteiger charge is -2.12. The molecule has 1 atom stereocenters. The van der Waals surface area contributed by atoms with E-state index in [2.05, 4.69) is 24.4 Å². The molecule has 0 spiro atoms. The molecule has 1 aromatic carbocycles. The van der Waals surface area contributed by atoms with E-state index >= 15 is 0 Å². The number of rotatable bonds is 6. The van der Waals surface area contributed by atoms with Gasteiger partial charge in [0.1, 0.15) is 0 Å². The quantitative estimate of drug-likeness (QED) is 0.784. The van der Waals surface area contributed by atoms with Crippen molar-refractivity contribution >= 4 is 17.7 Å². The minimum Gasteiger partial charge on any atom is -0.354 e. The average Bonchev–Trinajstić information content (AvgIpc) is 2.27. The fourth-order valence-electron chi connectivity index (χ4n) is 1.52. The Labute approximate surface area is 108 Å². The van der Waals surface area contributed by atoms with E-state index in [0.717, 1.165) is 6.42 Å². The molecule has 1 aromatic rings. The van der Waals surface area contributed by atoms with E-state index in [1.807, 2.05) is 43.8 Å². The van der Waals surface area contributed by atoms with Gasteiger partial charge in [-0.25, -0.2) is 0 Å². The van der Waals surface area contributed by atoms with Crippen molar-refractivity contribution in [1.29, 1.82) is 0 Å². The van der Waals surface area contributed by atoms with E-state index in [0.29, 0.717) is 11.7 Å². The molecular formula is C14H21NOS. The number of hydrogen-bond donors (Lipinski definition) is 1. The van der Waals surface area contributed by atoms with Gasteiger partial charge in [0.25, 0.3) is 0 Å². The third kappa shape index (κ3) is 6.37. The van der Waals surface area contributed by atoms with Gasteiger partial charge in [0, 0.05) is 22.6 Å². The molecule has 1 N–H and O–H groups in total. The summed E-state index contributed by atoms with van der Waals surface area (Å²) in [6.07, 6.45) is 1.53. The van der Waals surface area contributed by atoms with Gasteiger partial charge in [-0.05, 0) is 32.4 Å². The summed E-state index contributed by atoms with van der Waals surface area (Å²) in [6, 6.07) is 10.6. The van der Waals surface area contributed by atoms with Crippen LogP contribution >= 0.6 is 11.8 Å². The highest BCUT2D eigenvalue weighted by atomic mass is 32.2. The van der Waals surface area contributed by atoms with Crippen LogP contribution in [0.5, 0.6) is 0 Å². The Morgan fingerprint density at radius 3 is 2.47 bits per heavy atom. The largest absolute Gasteiger partial charge is 0.354 e. The molecule has 94 valence electrons. The highest BCUT2D eigenvalue weighted by Gasteiger charge is 2.08. The maximum absolute atomic E-state index is 11.5. The van der Waals surface area contributed by atoms with E-state index < -0.39 is 0 Å². The Kier molecular flexibility index (Phi) is 6.12. The topological polar surface area (TPSA) is 29.1 Å². The average molecular weight is 251 g/mol. The summed E-state index contributed by atoms with van der Waals surface area (Å²) >= 11 is 1.82. The van der Waals surface area contributed by atoms with Crippen molar-refractivity contribution in [3.05, 3.63) is 30.3 Å². The molecular weight excluding hydrogens is 230 g/mol. The second-order valence-electron chi connectivity index (χ2n) is 4.50. The number of carbonyl (C=O) groups is 1. The summed E-state index contributed by atoms with van der Waals surface area (Å²) in [5, 5.41) is 3.38. The fourth-order valence-corrected chi connectivity index (χ4v) is 2.53. The summed E-state index contributed by atoms with van der Waals surface area (Å²) in [7, 11) is 0. The van der Waals surface area contributed by atoms with Crippen LogP contribution in [0.25, 0.3) is 0 Å². The number of thioether (sulfide) groups is 1. The number of carbonyl (C=O) groups excluding carboxylic acids is 1. The van der Waals surface area contributed by atoms with Gasteiger partial charge in [0.15, 0.2) is 0 Å². The minimum atomic E-state index is 0.153. The number of amides is 1. The van der Waals surface area contributed by atoms with Crippen molar-refractivity contribution < 1.29 is 4.79 Å². The van der Waals surface area contributed by atoms with Crippen molar-refractivity contribution in [2.24, 2.45) is 0 Å². The predicted molar refractivity (Wildman–Crippen MR) is 74.3 cm³/mol. The predicted octanol–water partition coefficient (Wildman–Crippen LogP) is 3.47. The molecule has 0 heterocycles. The van der Waals surface area contributed by atoms with Crippen LogP contribution in [-0.4, -0.2) is 17.2 Å². The van der Waals surface area contributed by atoms with Crippen LogP contribution in [0.3, 0.4) is 0 Å². The van der Waals surface area contributed by atoms with Crippen molar-refractivity contribution in [1.82, 2.24) is 5.32 Å². The van der Waals surface area contributed by atoms with Gasteiger partial charge in [-0.1, -0.05) is 25.1 Å². The Bertz CT molecular complexity index is 337. The molecule has 0 fully saturated rings. The van der Waals surface area contributed by atoms with Gasteiger partial charge < -0.3 is 5.32 Å². The van der Waals surface area contributed by atoms with Gasteiger partial charge in [-0.15, -0.1) is 11.8 Å². The number of benzene rings is 1. The number of nitrogens with one attached hydrogen (secondary N) is 1.